The summed E-state index contributed by atoms with van der Waals surface area (Å²) in [6, 6.07) is 0. The van der Waals surface area contributed by atoms with Crippen molar-refractivity contribution >= 4 is 43.7 Å². The monoisotopic (exact) mass is 405 g/mol. The number of fused-ring (bicyclic) bond motifs is 5. The van der Waals surface area contributed by atoms with Gasteiger partial charge < -0.3 is 4.74 Å². The molecule has 4 rings (SSSR count). The number of carbonyl (C=O) groups is 2. The van der Waals surface area contributed by atoms with E-state index in [1.165, 1.54) is 4.90 Å². The van der Waals surface area contributed by atoms with E-state index >= 15 is 0 Å². The van der Waals surface area contributed by atoms with Crippen LogP contribution in [0.1, 0.15) is 19.3 Å². The predicted octanol–water partition coefficient (Wildman–Crippen LogP) is 1.94. The SMILES string of the molecule is O=C1[C@@H]2[C@@H]3C[C@H]([C@H](Br)[C@@H]3Br)[C@@H]2C(=O)N1C[C@H]1CCCO1. The van der Waals surface area contributed by atoms with Crippen molar-refractivity contribution in [2.75, 3.05) is 13.2 Å². The van der Waals surface area contributed by atoms with Crippen LogP contribution < -0.4 is 0 Å². The number of ether oxygens (including phenoxy) is 1. The largest absolute Gasteiger partial charge is 0.376 e. The van der Waals surface area contributed by atoms with Gasteiger partial charge >= 0.3 is 0 Å². The lowest BCUT2D eigenvalue weighted by molar-refractivity contribution is -0.142. The summed E-state index contributed by atoms with van der Waals surface area (Å²) in [5.74, 6) is 0.526. The Morgan fingerprint density at radius 2 is 1.70 bits per heavy atom. The van der Waals surface area contributed by atoms with Gasteiger partial charge in [-0.25, -0.2) is 0 Å². The molecular weight excluding hydrogens is 390 g/mol. The molecule has 7 atom stereocenters. The molecule has 2 saturated carbocycles. The first-order valence-electron chi connectivity index (χ1n) is 7.34. The summed E-state index contributed by atoms with van der Waals surface area (Å²) in [6.07, 6.45) is 3.04. The number of likely N-dealkylation sites (tertiary alicyclic amines) is 1. The van der Waals surface area contributed by atoms with Crippen molar-refractivity contribution < 1.29 is 14.3 Å². The minimum absolute atomic E-state index is 0.0480. The molecule has 2 aliphatic carbocycles. The molecular formula is C14H17Br2NO3. The van der Waals surface area contributed by atoms with Crippen molar-refractivity contribution in [3.63, 3.8) is 0 Å². The van der Waals surface area contributed by atoms with Crippen LogP contribution in [0.3, 0.4) is 0 Å². The fourth-order valence-corrected chi connectivity index (χ4v) is 6.46. The second-order valence-electron chi connectivity index (χ2n) is 6.43. The molecule has 20 heavy (non-hydrogen) atoms. The third-order valence-corrected chi connectivity index (χ3v) is 8.70. The zero-order valence-corrected chi connectivity index (χ0v) is 14.2. The van der Waals surface area contributed by atoms with Crippen LogP contribution >= 0.6 is 31.9 Å². The maximum Gasteiger partial charge on any atom is 0.233 e. The zero-order valence-electron chi connectivity index (χ0n) is 11.0. The lowest BCUT2D eigenvalue weighted by atomic mass is 9.81. The van der Waals surface area contributed by atoms with Crippen molar-refractivity contribution in [1.82, 2.24) is 4.90 Å². The maximum absolute atomic E-state index is 12.6. The normalized spacial score (nSPS) is 50.3. The van der Waals surface area contributed by atoms with Gasteiger partial charge in [0.25, 0.3) is 0 Å². The number of imide groups is 1. The molecule has 4 aliphatic rings. The molecule has 0 radical (unpaired) electrons. The van der Waals surface area contributed by atoms with Gasteiger partial charge in [-0.15, -0.1) is 0 Å². The van der Waals surface area contributed by atoms with Gasteiger partial charge in [0, 0.05) is 16.3 Å². The van der Waals surface area contributed by atoms with Gasteiger partial charge in [-0.05, 0) is 31.1 Å². The van der Waals surface area contributed by atoms with Crippen LogP contribution in [0, 0.1) is 23.7 Å². The quantitative estimate of drug-likeness (QED) is 0.520. The number of nitrogens with zero attached hydrogens (tertiary/aromatic N) is 1. The van der Waals surface area contributed by atoms with Crippen LogP contribution in [0.15, 0.2) is 0 Å². The molecule has 4 nitrogen and oxygen atoms in total. The average Bonchev–Trinajstić information content (AvgIpc) is 3.15. The number of amides is 2. The Kier molecular flexibility index (Phi) is 3.28. The summed E-state index contributed by atoms with van der Waals surface area (Å²) < 4.78 is 5.58. The van der Waals surface area contributed by atoms with E-state index in [9.17, 15) is 9.59 Å². The highest BCUT2D eigenvalue weighted by Gasteiger charge is 2.66. The van der Waals surface area contributed by atoms with Crippen LogP contribution in [0.5, 0.6) is 0 Å². The Bertz CT molecular complexity index is 433. The minimum atomic E-state index is -0.0907. The number of alkyl halides is 2. The molecule has 0 unspecified atom stereocenters. The van der Waals surface area contributed by atoms with Crippen LogP contribution in [-0.4, -0.2) is 45.6 Å². The van der Waals surface area contributed by atoms with Gasteiger partial charge in [-0.1, -0.05) is 31.9 Å². The van der Waals surface area contributed by atoms with Crippen molar-refractivity contribution in [2.45, 2.75) is 35.0 Å². The van der Waals surface area contributed by atoms with Crippen LogP contribution in [0.4, 0.5) is 0 Å². The molecule has 110 valence electrons. The van der Waals surface area contributed by atoms with Crippen molar-refractivity contribution in [1.29, 1.82) is 0 Å². The molecule has 0 aromatic heterocycles. The zero-order chi connectivity index (χ0) is 14.0. The van der Waals surface area contributed by atoms with Crippen LogP contribution in [0.2, 0.25) is 0 Å². The lowest BCUT2D eigenvalue weighted by Gasteiger charge is -2.28. The van der Waals surface area contributed by atoms with Gasteiger partial charge in [0.05, 0.1) is 24.5 Å². The van der Waals surface area contributed by atoms with E-state index in [4.69, 9.17) is 4.74 Å². The molecule has 2 amide bonds. The van der Waals surface area contributed by atoms with E-state index < -0.39 is 0 Å². The highest BCUT2D eigenvalue weighted by molar-refractivity contribution is 9.12. The molecule has 2 heterocycles. The van der Waals surface area contributed by atoms with Crippen LogP contribution in [0.25, 0.3) is 0 Å². The van der Waals surface area contributed by atoms with Gasteiger partial charge in [0.2, 0.25) is 11.8 Å². The molecule has 0 aromatic rings. The molecule has 2 aliphatic heterocycles. The first-order chi connectivity index (χ1) is 9.59. The Balaban J connectivity index is 1.57. The van der Waals surface area contributed by atoms with E-state index in [0.29, 0.717) is 28.0 Å². The van der Waals surface area contributed by atoms with E-state index in [1.54, 1.807) is 0 Å². The maximum atomic E-state index is 12.6. The summed E-state index contributed by atoms with van der Waals surface area (Å²) in [5, 5.41) is 0. The van der Waals surface area contributed by atoms with Crippen LogP contribution in [-0.2, 0) is 14.3 Å². The molecule has 0 N–H and O–H groups in total. The molecule has 2 bridgehead atoms. The summed E-state index contributed by atoms with van der Waals surface area (Å²) in [4.78, 5) is 27.4. The molecule has 2 saturated heterocycles. The Labute approximate surface area is 134 Å². The number of hydrogen-bond acceptors (Lipinski definition) is 3. The fourth-order valence-electron chi connectivity index (χ4n) is 4.58. The lowest BCUT2D eigenvalue weighted by Crippen LogP contribution is -2.38. The second-order valence-corrected chi connectivity index (χ2v) is 8.54. The van der Waals surface area contributed by atoms with E-state index in [1.807, 2.05) is 0 Å². The topological polar surface area (TPSA) is 46.6 Å². The van der Waals surface area contributed by atoms with Gasteiger partial charge in [-0.2, -0.15) is 0 Å². The Morgan fingerprint density at radius 1 is 1.10 bits per heavy atom. The third-order valence-electron chi connectivity index (χ3n) is 5.49. The Morgan fingerprint density at radius 3 is 2.20 bits per heavy atom. The van der Waals surface area contributed by atoms with Crippen molar-refractivity contribution in [3.8, 4) is 0 Å². The van der Waals surface area contributed by atoms with E-state index in [0.717, 1.165) is 25.9 Å². The highest BCUT2D eigenvalue weighted by Crippen LogP contribution is 2.60. The number of rotatable bonds is 2. The predicted molar refractivity (Wildman–Crippen MR) is 79.7 cm³/mol. The number of hydrogen-bond donors (Lipinski definition) is 0. The first-order valence-corrected chi connectivity index (χ1v) is 9.17. The summed E-state index contributed by atoms with van der Waals surface area (Å²) in [6.45, 7) is 1.22. The Hall–Kier alpha value is 0.0600. The third kappa shape index (κ3) is 1.73. The second kappa shape index (κ2) is 4.78. The average molecular weight is 407 g/mol. The van der Waals surface area contributed by atoms with Gasteiger partial charge in [0.1, 0.15) is 0 Å². The van der Waals surface area contributed by atoms with Gasteiger partial charge in [0.15, 0.2) is 0 Å². The summed E-state index contributed by atoms with van der Waals surface area (Å²) >= 11 is 7.40. The minimum Gasteiger partial charge on any atom is -0.376 e. The van der Waals surface area contributed by atoms with E-state index in [-0.39, 0.29) is 29.8 Å². The molecule has 6 heteroatoms. The van der Waals surface area contributed by atoms with Crippen molar-refractivity contribution in [2.24, 2.45) is 23.7 Å². The van der Waals surface area contributed by atoms with E-state index in [2.05, 4.69) is 31.9 Å². The standard InChI is InChI=1S/C14H17Br2NO3/c15-11-7-4-8(12(11)16)10-9(7)13(18)17(14(10)19)5-6-2-1-3-20-6/h6-12H,1-5H2/t6-,7+,8+,9-,10+,11-,12+/m1/s1. The highest BCUT2D eigenvalue weighted by atomic mass is 79.9. The fraction of sp³-hybridized carbons (Fsp3) is 0.857. The summed E-state index contributed by atoms with van der Waals surface area (Å²) in [5.41, 5.74) is 0. The van der Waals surface area contributed by atoms with Gasteiger partial charge in [-0.3, -0.25) is 14.5 Å². The molecule has 0 spiro atoms. The number of carbonyl (C=O) groups excluding carboxylic acids is 2. The smallest absolute Gasteiger partial charge is 0.233 e. The first kappa shape index (κ1) is 13.7. The summed E-state index contributed by atoms with van der Waals surface area (Å²) in [7, 11) is 0. The molecule has 4 fully saturated rings. The van der Waals surface area contributed by atoms with Crippen molar-refractivity contribution in [3.05, 3.63) is 0 Å². The number of halogens is 2. The molecule has 0 aromatic carbocycles.